The number of benzene rings is 2. The Morgan fingerprint density at radius 3 is 2.48 bits per heavy atom. The van der Waals surface area contributed by atoms with Gasteiger partial charge in [-0.2, -0.15) is 0 Å². The van der Waals surface area contributed by atoms with Gasteiger partial charge in [0.1, 0.15) is 0 Å². The lowest BCUT2D eigenvalue weighted by atomic mass is 9.93. The number of hydrogen-bond acceptors (Lipinski definition) is 0. The van der Waals surface area contributed by atoms with E-state index in [1.807, 2.05) is 0 Å². The average Bonchev–Trinajstić information content (AvgIpc) is 2.76. The summed E-state index contributed by atoms with van der Waals surface area (Å²) >= 11 is 0. The lowest BCUT2D eigenvalue weighted by Gasteiger charge is -2.16. The standard InChI is InChI=1S/C22H25P/c1-3-9-17(2)19-15-14-18-10-7-8-13-21(18)22(16-19)23-20-11-5-4-6-12-20/h4-8,10-15,17,23H,3,9,16H2,1-2H3. The van der Waals surface area contributed by atoms with Crippen LogP contribution in [-0.2, 0) is 0 Å². The molecular formula is C22H25P. The smallest absolute Gasteiger partial charge is 0.00500 e. The first kappa shape index (κ1) is 16.2. The molecule has 2 atom stereocenters. The SMILES string of the molecule is CCCC(C)C1=CC=c2ccccc2=C(Pc2ccccc2)C1. The van der Waals surface area contributed by atoms with Crippen LogP contribution in [0.5, 0.6) is 0 Å². The first-order chi connectivity index (χ1) is 11.3. The summed E-state index contributed by atoms with van der Waals surface area (Å²) in [5, 5.41) is 5.81. The Balaban J connectivity index is 2.03. The minimum Gasteiger partial charge on any atom is -0.0654 e. The zero-order valence-electron chi connectivity index (χ0n) is 14.0. The monoisotopic (exact) mass is 320 g/mol. The molecule has 0 heterocycles. The van der Waals surface area contributed by atoms with E-state index in [2.05, 4.69) is 80.6 Å². The van der Waals surface area contributed by atoms with Crippen LogP contribution in [0.1, 0.15) is 33.1 Å². The van der Waals surface area contributed by atoms with Crippen LogP contribution < -0.4 is 15.7 Å². The van der Waals surface area contributed by atoms with E-state index in [-0.39, 0.29) is 0 Å². The first-order valence-electron chi connectivity index (χ1n) is 8.59. The minimum atomic E-state index is 0.668. The van der Waals surface area contributed by atoms with E-state index in [1.54, 1.807) is 10.9 Å². The predicted octanol–water partition coefficient (Wildman–Crippen LogP) is 4.35. The molecule has 0 radical (unpaired) electrons. The largest absolute Gasteiger partial charge is 0.0654 e. The molecule has 3 rings (SSSR count). The van der Waals surface area contributed by atoms with Crippen LogP contribution in [0.15, 0.2) is 66.2 Å². The highest BCUT2D eigenvalue weighted by molar-refractivity contribution is 7.57. The van der Waals surface area contributed by atoms with E-state index in [4.69, 9.17) is 0 Å². The molecule has 2 aromatic rings. The van der Waals surface area contributed by atoms with E-state index in [9.17, 15) is 0 Å². The van der Waals surface area contributed by atoms with Gasteiger partial charge in [-0.25, -0.2) is 0 Å². The van der Waals surface area contributed by atoms with Crippen LogP contribution in [0.3, 0.4) is 0 Å². The zero-order chi connectivity index (χ0) is 16.1. The number of rotatable bonds is 5. The molecule has 0 N–H and O–H groups in total. The molecule has 0 aliphatic heterocycles. The fraction of sp³-hybridized carbons (Fsp3) is 0.273. The molecule has 0 fully saturated rings. The maximum Gasteiger partial charge on any atom is -0.00500 e. The van der Waals surface area contributed by atoms with Crippen LogP contribution in [-0.4, -0.2) is 0 Å². The van der Waals surface area contributed by atoms with E-state index in [1.165, 1.54) is 28.6 Å². The number of allylic oxidation sites excluding steroid dienone is 2. The molecule has 0 nitrogen and oxygen atoms in total. The molecule has 0 saturated heterocycles. The Bertz CT molecular complexity index is 799. The number of fused-ring (bicyclic) bond motifs is 1. The van der Waals surface area contributed by atoms with Gasteiger partial charge < -0.3 is 0 Å². The summed E-state index contributed by atoms with van der Waals surface area (Å²) < 4.78 is 0. The van der Waals surface area contributed by atoms with Crippen LogP contribution >= 0.6 is 8.58 Å². The quantitative estimate of drug-likeness (QED) is 0.719. The maximum atomic E-state index is 2.38. The molecular weight excluding hydrogens is 295 g/mol. The molecule has 0 saturated carbocycles. The molecule has 0 amide bonds. The van der Waals surface area contributed by atoms with Crippen molar-refractivity contribution in [3.63, 3.8) is 0 Å². The molecule has 0 aromatic heterocycles. The van der Waals surface area contributed by atoms with E-state index in [0.717, 1.165) is 15.0 Å². The molecule has 1 heteroatoms. The molecule has 0 spiro atoms. The van der Waals surface area contributed by atoms with Crippen molar-refractivity contribution in [3.8, 4) is 0 Å². The highest BCUT2D eigenvalue weighted by Crippen LogP contribution is 2.33. The van der Waals surface area contributed by atoms with Gasteiger partial charge in [-0.15, -0.1) is 0 Å². The lowest BCUT2D eigenvalue weighted by Crippen LogP contribution is -2.25. The molecule has 2 aromatic carbocycles. The molecule has 2 unspecified atom stereocenters. The molecule has 23 heavy (non-hydrogen) atoms. The molecule has 1 aliphatic carbocycles. The van der Waals surface area contributed by atoms with Crippen molar-refractivity contribution in [2.45, 2.75) is 33.1 Å². The highest BCUT2D eigenvalue weighted by Gasteiger charge is 2.13. The second-order valence-electron chi connectivity index (χ2n) is 6.33. The van der Waals surface area contributed by atoms with Crippen molar-refractivity contribution in [3.05, 3.63) is 76.7 Å². The van der Waals surface area contributed by atoms with Crippen LogP contribution in [0, 0.1) is 5.92 Å². The predicted molar refractivity (Wildman–Crippen MR) is 105 cm³/mol. The van der Waals surface area contributed by atoms with Gasteiger partial charge in [-0.05, 0) is 39.8 Å². The van der Waals surface area contributed by atoms with Gasteiger partial charge in [0.2, 0.25) is 0 Å². The average molecular weight is 320 g/mol. The van der Waals surface area contributed by atoms with Gasteiger partial charge in [0.25, 0.3) is 0 Å². The maximum absolute atomic E-state index is 2.38. The van der Waals surface area contributed by atoms with Crippen molar-refractivity contribution >= 4 is 25.3 Å². The van der Waals surface area contributed by atoms with Crippen molar-refractivity contribution in [2.24, 2.45) is 5.92 Å². The van der Waals surface area contributed by atoms with E-state index < -0.39 is 0 Å². The first-order valence-corrected chi connectivity index (χ1v) is 9.59. The van der Waals surface area contributed by atoms with Gasteiger partial charge in [-0.3, -0.25) is 0 Å². The Hall–Kier alpha value is -1.65. The minimum absolute atomic E-state index is 0.668. The van der Waals surface area contributed by atoms with Crippen LogP contribution in [0.4, 0.5) is 0 Å². The summed E-state index contributed by atoms with van der Waals surface area (Å²) in [6.07, 6.45) is 8.34. The van der Waals surface area contributed by atoms with Gasteiger partial charge in [0, 0.05) is 0 Å². The normalized spacial score (nSPS) is 15.7. The zero-order valence-corrected chi connectivity index (χ0v) is 15.0. The third kappa shape index (κ3) is 4.01. The van der Waals surface area contributed by atoms with E-state index in [0.29, 0.717) is 5.92 Å². The summed E-state index contributed by atoms with van der Waals surface area (Å²) in [5.74, 6) is 0.668. The number of hydrogen-bond donors (Lipinski definition) is 0. The molecule has 1 aliphatic rings. The Labute approximate surface area is 141 Å². The second-order valence-corrected chi connectivity index (χ2v) is 7.76. The Kier molecular flexibility index (Phi) is 5.47. The lowest BCUT2D eigenvalue weighted by molar-refractivity contribution is 0.594. The van der Waals surface area contributed by atoms with Crippen molar-refractivity contribution in [1.82, 2.24) is 0 Å². The third-order valence-corrected chi connectivity index (χ3v) is 5.94. The Morgan fingerprint density at radius 2 is 1.70 bits per heavy atom. The Morgan fingerprint density at radius 1 is 0.957 bits per heavy atom. The van der Waals surface area contributed by atoms with Crippen molar-refractivity contribution < 1.29 is 0 Å². The van der Waals surface area contributed by atoms with Gasteiger partial charge in [0.05, 0.1) is 0 Å². The van der Waals surface area contributed by atoms with Gasteiger partial charge in [-0.1, -0.05) is 101 Å². The van der Waals surface area contributed by atoms with Gasteiger partial charge in [0.15, 0.2) is 0 Å². The summed E-state index contributed by atoms with van der Waals surface area (Å²) in [5.41, 5.74) is 1.58. The fourth-order valence-electron chi connectivity index (χ4n) is 3.24. The third-order valence-electron chi connectivity index (χ3n) is 4.57. The highest BCUT2D eigenvalue weighted by atomic mass is 31.1. The molecule has 118 valence electrons. The fourth-order valence-corrected chi connectivity index (χ4v) is 4.60. The van der Waals surface area contributed by atoms with Crippen LogP contribution in [0.25, 0.3) is 11.4 Å². The van der Waals surface area contributed by atoms with Crippen molar-refractivity contribution in [2.75, 3.05) is 0 Å². The summed E-state index contributed by atoms with van der Waals surface area (Å²) in [6.45, 7) is 4.66. The topological polar surface area (TPSA) is 0 Å². The van der Waals surface area contributed by atoms with E-state index >= 15 is 0 Å². The summed E-state index contributed by atoms with van der Waals surface area (Å²) in [4.78, 5) is 0. The second kappa shape index (κ2) is 7.75. The molecule has 0 bridgehead atoms. The van der Waals surface area contributed by atoms with Crippen LogP contribution in [0.2, 0.25) is 0 Å². The summed E-state index contributed by atoms with van der Waals surface area (Å²) in [6, 6.07) is 19.7. The van der Waals surface area contributed by atoms with Gasteiger partial charge >= 0.3 is 0 Å². The summed E-state index contributed by atoms with van der Waals surface area (Å²) in [7, 11) is 0.753. The van der Waals surface area contributed by atoms with Crippen molar-refractivity contribution in [1.29, 1.82) is 0 Å².